The average molecular weight is 614 g/mol. The monoisotopic (exact) mass is 613 g/mol. The van der Waals surface area contributed by atoms with Gasteiger partial charge in [0.25, 0.3) is 0 Å². The number of fused-ring (bicyclic) bond motifs is 7. The maximum Gasteiger partial charge on any atom is 0.160 e. The zero-order valence-corrected chi connectivity index (χ0v) is 25.8. The van der Waals surface area contributed by atoms with Gasteiger partial charge in [0, 0.05) is 50.2 Å². The minimum atomic E-state index is 0.708. The molecule has 0 unspecified atom stereocenters. The van der Waals surface area contributed by atoms with Gasteiger partial charge < -0.3 is 9.13 Å². The molecular formula is C43H27N5. The number of hydrogen-bond donors (Lipinski definition) is 0. The molecule has 0 aliphatic carbocycles. The van der Waals surface area contributed by atoms with Crippen molar-refractivity contribution in [3.05, 3.63) is 164 Å². The molecule has 0 bridgehead atoms. The van der Waals surface area contributed by atoms with Crippen molar-refractivity contribution >= 4 is 54.6 Å². The highest BCUT2D eigenvalue weighted by atomic mass is 15.0. The Labute approximate surface area is 276 Å². The summed E-state index contributed by atoms with van der Waals surface area (Å²) in [5.41, 5.74) is 11.6. The maximum absolute atomic E-state index is 5.25. The summed E-state index contributed by atoms with van der Waals surface area (Å²) in [6.45, 7) is 0. The van der Waals surface area contributed by atoms with Crippen molar-refractivity contribution in [3.8, 4) is 34.0 Å². The van der Waals surface area contributed by atoms with Gasteiger partial charge in [0.2, 0.25) is 0 Å². The molecule has 5 nitrogen and oxygen atoms in total. The first-order chi connectivity index (χ1) is 23.8. The lowest BCUT2D eigenvalue weighted by atomic mass is 10.0. The molecule has 0 aliphatic heterocycles. The van der Waals surface area contributed by atoms with Crippen molar-refractivity contribution in [2.45, 2.75) is 0 Å². The third-order valence-electron chi connectivity index (χ3n) is 9.37. The zero-order valence-electron chi connectivity index (χ0n) is 25.8. The van der Waals surface area contributed by atoms with Crippen LogP contribution in [-0.4, -0.2) is 24.1 Å². The molecule has 0 spiro atoms. The van der Waals surface area contributed by atoms with Gasteiger partial charge in [-0.05, 0) is 72.8 Å². The van der Waals surface area contributed by atoms with Crippen molar-refractivity contribution in [1.82, 2.24) is 24.1 Å². The van der Waals surface area contributed by atoms with Crippen LogP contribution >= 0.6 is 0 Å². The van der Waals surface area contributed by atoms with Crippen LogP contribution in [0.3, 0.4) is 0 Å². The third kappa shape index (κ3) is 4.01. The lowest BCUT2D eigenvalue weighted by Gasteiger charge is -2.12. The van der Waals surface area contributed by atoms with E-state index in [2.05, 4.69) is 155 Å². The third-order valence-corrected chi connectivity index (χ3v) is 9.37. The van der Waals surface area contributed by atoms with Crippen LogP contribution in [0, 0.1) is 0 Å². The van der Waals surface area contributed by atoms with E-state index in [1.165, 1.54) is 16.3 Å². The number of aromatic nitrogens is 5. The second-order valence-electron chi connectivity index (χ2n) is 12.1. The van der Waals surface area contributed by atoms with Crippen LogP contribution in [0.5, 0.6) is 0 Å². The first-order valence-corrected chi connectivity index (χ1v) is 16.1. The molecule has 0 amide bonds. The van der Waals surface area contributed by atoms with E-state index in [0.717, 1.165) is 66.6 Å². The van der Waals surface area contributed by atoms with E-state index in [1.54, 1.807) is 0 Å². The zero-order chi connectivity index (χ0) is 31.6. The Morgan fingerprint density at radius 3 is 1.83 bits per heavy atom. The molecule has 4 heterocycles. The minimum Gasteiger partial charge on any atom is -0.309 e. The normalized spacial score (nSPS) is 11.8. The lowest BCUT2D eigenvalue weighted by molar-refractivity contribution is 1.17. The molecule has 48 heavy (non-hydrogen) atoms. The summed E-state index contributed by atoms with van der Waals surface area (Å²) >= 11 is 0. The minimum absolute atomic E-state index is 0.708. The average Bonchev–Trinajstić information content (AvgIpc) is 3.67. The lowest BCUT2D eigenvalue weighted by Crippen LogP contribution is -1.97. The Balaban J connectivity index is 1.13. The molecule has 0 aliphatic rings. The van der Waals surface area contributed by atoms with Crippen molar-refractivity contribution in [2.75, 3.05) is 0 Å². The predicted octanol–water partition coefficient (Wildman–Crippen LogP) is 10.6. The van der Waals surface area contributed by atoms with E-state index in [-0.39, 0.29) is 0 Å². The van der Waals surface area contributed by atoms with E-state index in [4.69, 9.17) is 15.0 Å². The predicted molar refractivity (Wildman–Crippen MR) is 197 cm³/mol. The van der Waals surface area contributed by atoms with Gasteiger partial charge in [-0.3, -0.25) is 4.98 Å². The number of benzene rings is 6. The van der Waals surface area contributed by atoms with E-state index < -0.39 is 0 Å². The van der Waals surface area contributed by atoms with Crippen LogP contribution < -0.4 is 0 Å². The van der Waals surface area contributed by atoms with Crippen LogP contribution in [0.25, 0.3) is 88.7 Å². The van der Waals surface area contributed by atoms with Gasteiger partial charge in [-0.2, -0.15) is 0 Å². The topological polar surface area (TPSA) is 48.5 Å². The molecule has 0 radical (unpaired) electrons. The summed E-state index contributed by atoms with van der Waals surface area (Å²) in [4.78, 5) is 15.0. The molecule has 224 valence electrons. The second kappa shape index (κ2) is 10.5. The van der Waals surface area contributed by atoms with Gasteiger partial charge >= 0.3 is 0 Å². The van der Waals surface area contributed by atoms with E-state index in [1.807, 2.05) is 18.3 Å². The fraction of sp³-hybridized carbons (Fsp3) is 0. The highest BCUT2D eigenvalue weighted by molar-refractivity contribution is 6.10. The molecule has 0 saturated carbocycles. The molecule has 10 aromatic rings. The van der Waals surface area contributed by atoms with Crippen LogP contribution in [-0.2, 0) is 0 Å². The molecule has 0 saturated heterocycles. The SMILES string of the molecule is c1ccc(-n2c3ccccc3c3cc(-c4nc(-c5ccc(-n6c7ccccc7c7ncccc76)cc5)c5ccccc5n4)ccc32)cc1. The summed E-state index contributed by atoms with van der Waals surface area (Å²) in [5, 5.41) is 4.55. The van der Waals surface area contributed by atoms with Gasteiger partial charge in [-0.1, -0.05) is 84.9 Å². The highest BCUT2D eigenvalue weighted by Crippen LogP contribution is 2.36. The Bertz CT molecular complexity index is 2770. The van der Waals surface area contributed by atoms with Crippen LogP contribution in [0.1, 0.15) is 0 Å². The highest BCUT2D eigenvalue weighted by Gasteiger charge is 2.17. The van der Waals surface area contributed by atoms with Gasteiger partial charge in [0.1, 0.15) is 0 Å². The number of pyridine rings is 1. The van der Waals surface area contributed by atoms with E-state index >= 15 is 0 Å². The molecular weight excluding hydrogens is 587 g/mol. The number of rotatable bonds is 4. The Kier molecular flexibility index (Phi) is 5.81. The quantitative estimate of drug-likeness (QED) is 0.198. The molecule has 10 rings (SSSR count). The fourth-order valence-electron chi connectivity index (χ4n) is 7.22. The summed E-state index contributed by atoms with van der Waals surface area (Å²) in [6, 6.07) is 55.3. The van der Waals surface area contributed by atoms with Crippen molar-refractivity contribution in [1.29, 1.82) is 0 Å². The number of para-hydroxylation sites is 4. The maximum atomic E-state index is 5.25. The summed E-state index contributed by atoms with van der Waals surface area (Å²) in [5.74, 6) is 0.708. The van der Waals surface area contributed by atoms with Crippen molar-refractivity contribution in [3.63, 3.8) is 0 Å². The van der Waals surface area contributed by atoms with E-state index in [0.29, 0.717) is 5.82 Å². The summed E-state index contributed by atoms with van der Waals surface area (Å²) < 4.78 is 4.61. The van der Waals surface area contributed by atoms with E-state index in [9.17, 15) is 0 Å². The van der Waals surface area contributed by atoms with Crippen LogP contribution in [0.4, 0.5) is 0 Å². The number of nitrogens with zero attached hydrogens (tertiary/aromatic N) is 5. The Morgan fingerprint density at radius 2 is 1.00 bits per heavy atom. The van der Waals surface area contributed by atoms with Crippen LogP contribution in [0.15, 0.2) is 164 Å². The molecule has 4 aromatic heterocycles. The fourth-order valence-corrected chi connectivity index (χ4v) is 7.22. The van der Waals surface area contributed by atoms with Gasteiger partial charge in [-0.25, -0.2) is 9.97 Å². The molecule has 0 atom stereocenters. The van der Waals surface area contributed by atoms with Crippen molar-refractivity contribution in [2.24, 2.45) is 0 Å². The molecule has 0 N–H and O–H groups in total. The van der Waals surface area contributed by atoms with Gasteiger partial charge in [0.05, 0.1) is 38.8 Å². The largest absolute Gasteiger partial charge is 0.309 e. The van der Waals surface area contributed by atoms with Gasteiger partial charge in [0.15, 0.2) is 5.82 Å². The Hall–Kier alpha value is -6.59. The first-order valence-electron chi connectivity index (χ1n) is 16.1. The number of hydrogen-bond acceptors (Lipinski definition) is 3. The Morgan fingerprint density at radius 1 is 0.396 bits per heavy atom. The second-order valence-corrected chi connectivity index (χ2v) is 12.1. The van der Waals surface area contributed by atoms with Gasteiger partial charge in [-0.15, -0.1) is 0 Å². The van der Waals surface area contributed by atoms with Crippen molar-refractivity contribution < 1.29 is 0 Å². The standard InChI is InChI=1S/C43H27N5/c1-2-11-30(12-3-1)47-37-17-8-5-13-32(37)35-27-29(22-25-39(35)47)43-45-36-16-7-4-14-33(36)41(46-43)28-20-23-31(24-21-28)48-38-18-9-6-15-34(38)42-40(48)19-10-26-44-42/h1-27H. The van der Waals surface area contributed by atoms with Crippen LogP contribution in [0.2, 0.25) is 0 Å². The summed E-state index contributed by atoms with van der Waals surface area (Å²) in [7, 11) is 0. The molecule has 0 fully saturated rings. The summed E-state index contributed by atoms with van der Waals surface area (Å²) in [6.07, 6.45) is 1.86. The first kappa shape index (κ1) is 26.6. The molecule has 5 heteroatoms. The molecule has 6 aromatic carbocycles. The smallest absolute Gasteiger partial charge is 0.160 e.